The summed E-state index contributed by atoms with van der Waals surface area (Å²) in [4.78, 5) is 25.0. The summed E-state index contributed by atoms with van der Waals surface area (Å²) in [5, 5.41) is 4.82. The van der Waals surface area contributed by atoms with Crippen LogP contribution >= 0.6 is 0 Å². The van der Waals surface area contributed by atoms with Crippen LogP contribution in [0.2, 0.25) is 0 Å². The Morgan fingerprint density at radius 3 is 2.50 bits per heavy atom. The van der Waals surface area contributed by atoms with E-state index in [0.29, 0.717) is 18.4 Å². The van der Waals surface area contributed by atoms with Crippen molar-refractivity contribution >= 4 is 11.9 Å². The molecule has 0 radical (unpaired) electrons. The summed E-state index contributed by atoms with van der Waals surface area (Å²) >= 11 is 0. The number of imide groups is 1. The fourth-order valence-electron chi connectivity index (χ4n) is 2.50. The standard InChI is InChI=1S/C13H23N3O2/c1-4-5-14-13(18)15-12(17)9-16-7-10(2)6-11(3)8-16/h4,10-11H,1,5-9H2,2-3H3,(H2,14,15,17,18). The van der Waals surface area contributed by atoms with Gasteiger partial charge in [0, 0.05) is 19.6 Å². The van der Waals surface area contributed by atoms with Gasteiger partial charge in [0.2, 0.25) is 5.91 Å². The van der Waals surface area contributed by atoms with Crippen LogP contribution < -0.4 is 10.6 Å². The second-order valence-corrected chi connectivity index (χ2v) is 5.19. The molecule has 0 aromatic rings. The van der Waals surface area contributed by atoms with E-state index in [4.69, 9.17) is 0 Å². The number of urea groups is 1. The van der Waals surface area contributed by atoms with Crippen molar-refractivity contribution in [2.75, 3.05) is 26.2 Å². The zero-order chi connectivity index (χ0) is 13.5. The summed E-state index contributed by atoms with van der Waals surface area (Å²) in [5.74, 6) is 0.963. The highest BCUT2D eigenvalue weighted by atomic mass is 16.2. The predicted octanol–water partition coefficient (Wildman–Crippen LogP) is 0.976. The molecule has 0 bridgehead atoms. The van der Waals surface area contributed by atoms with Gasteiger partial charge in [-0.25, -0.2) is 4.79 Å². The molecule has 102 valence electrons. The number of likely N-dealkylation sites (tertiary alicyclic amines) is 1. The first-order valence-electron chi connectivity index (χ1n) is 6.42. The summed E-state index contributed by atoms with van der Waals surface area (Å²) in [6.07, 6.45) is 2.77. The van der Waals surface area contributed by atoms with Crippen molar-refractivity contribution in [2.24, 2.45) is 11.8 Å². The molecule has 5 heteroatoms. The van der Waals surface area contributed by atoms with E-state index in [2.05, 4.69) is 36.0 Å². The number of amides is 3. The number of nitrogens with one attached hydrogen (secondary N) is 2. The maximum atomic E-state index is 11.7. The Labute approximate surface area is 109 Å². The molecule has 5 nitrogen and oxygen atoms in total. The normalized spacial score (nSPS) is 24.3. The molecule has 1 fully saturated rings. The van der Waals surface area contributed by atoms with Crippen molar-refractivity contribution in [3.05, 3.63) is 12.7 Å². The van der Waals surface area contributed by atoms with Crippen molar-refractivity contribution in [1.82, 2.24) is 15.5 Å². The highest BCUT2D eigenvalue weighted by molar-refractivity contribution is 5.95. The van der Waals surface area contributed by atoms with E-state index in [1.165, 1.54) is 6.42 Å². The SMILES string of the molecule is C=CCNC(=O)NC(=O)CN1CC(C)CC(C)C1. The summed E-state index contributed by atoms with van der Waals surface area (Å²) in [6, 6.07) is -0.460. The second-order valence-electron chi connectivity index (χ2n) is 5.19. The van der Waals surface area contributed by atoms with Crippen LogP contribution in [0.25, 0.3) is 0 Å². The Hall–Kier alpha value is -1.36. The second kappa shape index (κ2) is 7.16. The van der Waals surface area contributed by atoms with Crippen LogP contribution in [-0.2, 0) is 4.79 Å². The molecule has 1 rings (SSSR count). The Balaban J connectivity index is 2.30. The Kier molecular flexibility index (Phi) is 5.85. The van der Waals surface area contributed by atoms with Gasteiger partial charge >= 0.3 is 6.03 Å². The molecule has 2 unspecified atom stereocenters. The van der Waals surface area contributed by atoms with Gasteiger partial charge < -0.3 is 5.32 Å². The maximum absolute atomic E-state index is 11.7. The lowest BCUT2D eigenvalue weighted by atomic mass is 9.92. The van der Waals surface area contributed by atoms with Gasteiger partial charge in [0.1, 0.15) is 0 Å². The minimum atomic E-state index is -0.460. The van der Waals surface area contributed by atoms with Crippen LogP contribution in [0, 0.1) is 11.8 Å². The average molecular weight is 253 g/mol. The number of rotatable bonds is 4. The third-order valence-electron chi connectivity index (χ3n) is 2.97. The number of nitrogens with zero attached hydrogens (tertiary/aromatic N) is 1. The van der Waals surface area contributed by atoms with E-state index in [1.54, 1.807) is 6.08 Å². The van der Waals surface area contributed by atoms with E-state index in [-0.39, 0.29) is 12.5 Å². The zero-order valence-corrected chi connectivity index (χ0v) is 11.2. The number of carbonyl (C=O) groups excluding carboxylic acids is 2. The Morgan fingerprint density at radius 2 is 1.94 bits per heavy atom. The Morgan fingerprint density at radius 1 is 1.33 bits per heavy atom. The number of hydrogen-bond donors (Lipinski definition) is 2. The van der Waals surface area contributed by atoms with Crippen LogP contribution in [0.4, 0.5) is 4.79 Å². The molecule has 0 aromatic heterocycles. The molecule has 2 N–H and O–H groups in total. The molecular weight excluding hydrogens is 230 g/mol. The summed E-state index contributed by atoms with van der Waals surface area (Å²) in [5.41, 5.74) is 0. The largest absolute Gasteiger partial charge is 0.334 e. The van der Waals surface area contributed by atoms with E-state index >= 15 is 0 Å². The molecule has 0 aromatic carbocycles. The van der Waals surface area contributed by atoms with Gasteiger partial charge in [-0.15, -0.1) is 6.58 Å². The van der Waals surface area contributed by atoms with Crippen molar-refractivity contribution in [3.63, 3.8) is 0 Å². The molecular formula is C13H23N3O2. The smallest absolute Gasteiger partial charge is 0.321 e. The molecule has 1 aliphatic rings. The van der Waals surface area contributed by atoms with E-state index < -0.39 is 6.03 Å². The van der Waals surface area contributed by atoms with Crippen molar-refractivity contribution < 1.29 is 9.59 Å². The van der Waals surface area contributed by atoms with Gasteiger partial charge in [0.25, 0.3) is 0 Å². The molecule has 18 heavy (non-hydrogen) atoms. The average Bonchev–Trinajstić information content (AvgIpc) is 2.24. The summed E-state index contributed by atoms with van der Waals surface area (Å²) in [7, 11) is 0. The maximum Gasteiger partial charge on any atom is 0.321 e. The van der Waals surface area contributed by atoms with E-state index in [1.807, 2.05) is 0 Å². The molecule has 1 aliphatic heterocycles. The molecule has 0 saturated carbocycles. The third-order valence-corrected chi connectivity index (χ3v) is 2.97. The predicted molar refractivity (Wildman–Crippen MR) is 71.1 cm³/mol. The van der Waals surface area contributed by atoms with Gasteiger partial charge in [-0.2, -0.15) is 0 Å². The number of hydrogen-bond acceptors (Lipinski definition) is 3. The third kappa shape index (κ3) is 5.31. The lowest BCUT2D eigenvalue weighted by molar-refractivity contribution is -0.121. The van der Waals surface area contributed by atoms with Crippen LogP contribution in [0.5, 0.6) is 0 Å². The van der Waals surface area contributed by atoms with Gasteiger partial charge in [-0.05, 0) is 18.3 Å². The van der Waals surface area contributed by atoms with E-state index in [9.17, 15) is 9.59 Å². The molecule has 1 heterocycles. The van der Waals surface area contributed by atoms with Gasteiger partial charge in [0.15, 0.2) is 0 Å². The first kappa shape index (κ1) is 14.7. The van der Waals surface area contributed by atoms with Crippen LogP contribution in [0.3, 0.4) is 0 Å². The molecule has 3 amide bonds. The number of piperidine rings is 1. The van der Waals surface area contributed by atoms with Gasteiger partial charge in [0.05, 0.1) is 6.54 Å². The number of carbonyl (C=O) groups is 2. The lowest BCUT2D eigenvalue weighted by Crippen LogP contribution is -2.47. The van der Waals surface area contributed by atoms with Crippen LogP contribution in [0.15, 0.2) is 12.7 Å². The van der Waals surface area contributed by atoms with Gasteiger partial charge in [-0.1, -0.05) is 19.9 Å². The Bertz CT molecular complexity index is 307. The zero-order valence-electron chi connectivity index (χ0n) is 11.2. The first-order valence-corrected chi connectivity index (χ1v) is 6.42. The molecule has 1 saturated heterocycles. The minimum Gasteiger partial charge on any atom is -0.334 e. The van der Waals surface area contributed by atoms with Crippen molar-refractivity contribution in [2.45, 2.75) is 20.3 Å². The minimum absolute atomic E-state index is 0.252. The monoisotopic (exact) mass is 253 g/mol. The molecule has 0 aliphatic carbocycles. The topological polar surface area (TPSA) is 61.4 Å². The quantitative estimate of drug-likeness (QED) is 0.734. The van der Waals surface area contributed by atoms with Crippen LogP contribution in [0.1, 0.15) is 20.3 Å². The molecule has 0 spiro atoms. The highest BCUT2D eigenvalue weighted by Crippen LogP contribution is 2.20. The van der Waals surface area contributed by atoms with Crippen molar-refractivity contribution in [1.29, 1.82) is 0 Å². The van der Waals surface area contributed by atoms with Crippen LogP contribution in [-0.4, -0.2) is 43.0 Å². The molecule has 2 atom stereocenters. The van der Waals surface area contributed by atoms with Crippen molar-refractivity contribution in [3.8, 4) is 0 Å². The summed E-state index contributed by atoms with van der Waals surface area (Å²) < 4.78 is 0. The fourth-order valence-corrected chi connectivity index (χ4v) is 2.50. The highest BCUT2D eigenvalue weighted by Gasteiger charge is 2.23. The van der Waals surface area contributed by atoms with E-state index in [0.717, 1.165) is 13.1 Å². The lowest BCUT2D eigenvalue weighted by Gasteiger charge is -2.34. The van der Waals surface area contributed by atoms with Gasteiger partial charge in [-0.3, -0.25) is 15.0 Å². The fraction of sp³-hybridized carbons (Fsp3) is 0.692. The summed E-state index contributed by atoms with van der Waals surface area (Å²) in [6.45, 7) is 10.4. The first-order chi connectivity index (χ1) is 8.51.